The zero-order valence-corrected chi connectivity index (χ0v) is 19.1. The first kappa shape index (κ1) is 23.5. The molecule has 5 rings (SSSR count). The van der Waals surface area contributed by atoms with Crippen LogP contribution in [0.25, 0.3) is 5.65 Å². The van der Waals surface area contributed by atoms with Crippen molar-refractivity contribution in [2.75, 3.05) is 20.2 Å². The van der Waals surface area contributed by atoms with Gasteiger partial charge in [-0.15, -0.1) is 5.10 Å². The molecule has 10 nitrogen and oxygen atoms in total. The van der Waals surface area contributed by atoms with Crippen LogP contribution < -0.4 is 4.74 Å². The molecule has 0 bridgehead atoms. The molecule has 0 atom stereocenters. The number of H-pyrrole nitrogens is 1. The van der Waals surface area contributed by atoms with Crippen LogP contribution in [0.4, 0.5) is 0 Å². The van der Waals surface area contributed by atoms with E-state index in [1.165, 1.54) is 5.56 Å². The molecule has 35 heavy (non-hydrogen) atoms. The van der Waals surface area contributed by atoms with Crippen LogP contribution in [0.3, 0.4) is 0 Å². The molecule has 0 aliphatic carbocycles. The fourth-order valence-electron chi connectivity index (χ4n) is 4.50. The number of nitrogens with zero attached hydrogens (tertiary/aromatic N) is 5. The predicted molar refractivity (Wildman–Crippen MR) is 126 cm³/mol. The van der Waals surface area contributed by atoms with Crippen molar-refractivity contribution in [3.8, 4) is 11.9 Å². The lowest BCUT2D eigenvalue weighted by Crippen LogP contribution is -2.46. The van der Waals surface area contributed by atoms with E-state index in [9.17, 15) is 4.79 Å². The Morgan fingerprint density at radius 3 is 2.57 bits per heavy atom. The fraction of sp³-hybridized carbons (Fsp3) is 0.240. The van der Waals surface area contributed by atoms with Gasteiger partial charge in [0.1, 0.15) is 11.8 Å². The molecule has 4 heterocycles. The largest absolute Gasteiger partial charge is 0.483 e. The van der Waals surface area contributed by atoms with E-state index in [2.05, 4.69) is 28.3 Å². The third kappa shape index (κ3) is 4.56. The average Bonchev–Trinajstić information content (AvgIpc) is 3.56. The standard InChI is InChI=1S/C24H22N6O2.CH2O2/c1-32-22-8-7-21-27-20(16-30(21)28-22)24(18-5-3-2-4-6-18)9-11-29(12-10-24)23(31)19-13-17(14-25)15-26-19;2-1-3/h2-8,13,15-16,26H,9-12H2,1H3;1H,(H,2,3). The maximum atomic E-state index is 13.0. The highest BCUT2D eigenvalue weighted by molar-refractivity contribution is 5.93. The summed E-state index contributed by atoms with van der Waals surface area (Å²) < 4.78 is 7.00. The number of nitrogens with one attached hydrogen (secondary N) is 1. The summed E-state index contributed by atoms with van der Waals surface area (Å²) >= 11 is 0. The van der Waals surface area contributed by atoms with Crippen molar-refractivity contribution < 1.29 is 19.4 Å². The molecule has 1 saturated heterocycles. The number of hydrogen-bond donors (Lipinski definition) is 2. The Hall–Kier alpha value is -4.65. The number of aromatic amines is 1. The second-order valence-corrected chi connectivity index (χ2v) is 8.06. The van der Waals surface area contributed by atoms with Crippen LogP contribution in [-0.4, -0.2) is 62.2 Å². The van der Waals surface area contributed by atoms with Crippen LogP contribution in [0.1, 0.15) is 40.2 Å². The van der Waals surface area contributed by atoms with Gasteiger partial charge in [-0.05, 0) is 30.5 Å². The molecule has 1 aliphatic rings. The van der Waals surface area contributed by atoms with Gasteiger partial charge < -0.3 is 19.7 Å². The summed E-state index contributed by atoms with van der Waals surface area (Å²) in [6, 6.07) is 17.7. The van der Waals surface area contributed by atoms with Gasteiger partial charge in [0.15, 0.2) is 5.65 Å². The van der Waals surface area contributed by atoms with Crippen molar-refractivity contribution in [2.24, 2.45) is 0 Å². The summed E-state index contributed by atoms with van der Waals surface area (Å²) in [6.07, 6.45) is 4.99. The summed E-state index contributed by atoms with van der Waals surface area (Å²) in [4.78, 5) is 31.0. The average molecular weight is 473 g/mol. The molecule has 1 aliphatic heterocycles. The van der Waals surface area contributed by atoms with E-state index < -0.39 is 0 Å². The SMILES string of the molecule is COc1ccc2nc(C3(c4ccccc4)CCN(C(=O)c4cc(C#N)c[nH]4)CC3)cn2n1.O=CO. The first-order valence-corrected chi connectivity index (χ1v) is 11.0. The second-order valence-electron chi connectivity index (χ2n) is 8.06. The Balaban J connectivity index is 0.000000917. The highest BCUT2D eigenvalue weighted by atomic mass is 16.5. The number of methoxy groups -OCH3 is 1. The molecule has 2 N–H and O–H groups in total. The summed E-state index contributed by atoms with van der Waals surface area (Å²) in [5.41, 5.74) is 3.43. The zero-order chi connectivity index (χ0) is 24.8. The number of carbonyl (C=O) groups excluding carboxylic acids is 1. The van der Waals surface area contributed by atoms with Gasteiger partial charge in [-0.2, -0.15) is 5.26 Å². The van der Waals surface area contributed by atoms with E-state index in [-0.39, 0.29) is 17.8 Å². The second kappa shape index (κ2) is 10.1. The Bertz CT molecular complexity index is 1360. The lowest BCUT2D eigenvalue weighted by Gasteiger charge is -2.41. The molecule has 4 aromatic rings. The number of amides is 1. The van der Waals surface area contributed by atoms with Crippen molar-refractivity contribution in [3.05, 3.63) is 83.4 Å². The molecule has 0 saturated carbocycles. The quantitative estimate of drug-likeness (QED) is 0.436. The number of likely N-dealkylation sites (tertiary alicyclic amines) is 1. The van der Waals surface area contributed by atoms with Crippen LogP contribution in [0, 0.1) is 11.3 Å². The van der Waals surface area contributed by atoms with E-state index >= 15 is 0 Å². The van der Waals surface area contributed by atoms with Gasteiger partial charge in [0.2, 0.25) is 5.88 Å². The van der Waals surface area contributed by atoms with Crippen LogP contribution in [0.15, 0.2) is 60.9 Å². The molecule has 1 amide bonds. The normalized spacial score (nSPS) is 14.5. The van der Waals surface area contributed by atoms with E-state index in [4.69, 9.17) is 24.9 Å². The Kier molecular flexibility index (Phi) is 6.78. The number of nitriles is 1. The monoisotopic (exact) mass is 472 g/mol. The first-order valence-electron chi connectivity index (χ1n) is 11.0. The van der Waals surface area contributed by atoms with E-state index in [1.54, 1.807) is 30.0 Å². The summed E-state index contributed by atoms with van der Waals surface area (Å²) in [6.45, 7) is 0.915. The number of fused-ring (bicyclic) bond motifs is 1. The molecule has 0 spiro atoms. The number of piperidine rings is 1. The lowest BCUT2D eigenvalue weighted by molar-refractivity contribution is -0.122. The third-order valence-electron chi connectivity index (χ3n) is 6.27. The van der Waals surface area contributed by atoms with Crippen molar-refractivity contribution in [1.82, 2.24) is 24.5 Å². The Labute approximate surface area is 201 Å². The van der Waals surface area contributed by atoms with E-state index in [0.29, 0.717) is 30.2 Å². The molecular weight excluding hydrogens is 448 g/mol. The first-order chi connectivity index (χ1) is 17.0. The van der Waals surface area contributed by atoms with Crippen molar-refractivity contribution in [3.63, 3.8) is 0 Å². The number of carboxylic acid groups (broad SMARTS) is 1. The Morgan fingerprint density at radius 1 is 1.23 bits per heavy atom. The predicted octanol–water partition coefficient (Wildman–Crippen LogP) is 2.86. The number of imidazole rings is 1. The lowest BCUT2D eigenvalue weighted by atomic mass is 9.70. The molecule has 10 heteroatoms. The van der Waals surface area contributed by atoms with Crippen LogP contribution in [0.2, 0.25) is 0 Å². The fourth-order valence-corrected chi connectivity index (χ4v) is 4.50. The minimum Gasteiger partial charge on any atom is -0.483 e. The van der Waals surface area contributed by atoms with Crippen LogP contribution in [0.5, 0.6) is 5.88 Å². The molecule has 1 fully saturated rings. The van der Waals surface area contributed by atoms with Crippen molar-refractivity contribution in [1.29, 1.82) is 5.26 Å². The van der Waals surface area contributed by atoms with Gasteiger partial charge in [-0.1, -0.05) is 30.3 Å². The van der Waals surface area contributed by atoms with Gasteiger partial charge in [0, 0.05) is 30.8 Å². The minimum absolute atomic E-state index is 0.0884. The van der Waals surface area contributed by atoms with E-state index in [0.717, 1.165) is 24.2 Å². The number of hydrogen-bond acceptors (Lipinski definition) is 6. The smallest absolute Gasteiger partial charge is 0.290 e. The molecule has 3 aromatic heterocycles. The number of ether oxygens (including phenoxy) is 1. The maximum absolute atomic E-state index is 13.0. The molecule has 178 valence electrons. The zero-order valence-electron chi connectivity index (χ0n) is 19.1. The van der Waals surface area contributed by atoms with Crippen molar-refractivity contribution in [2.45, 2.75) is 18.3 Å². The topological polar surface area (TPSA) is 137 Å². The van der Waals surface area contributed by atoms with E-state index in [1.807, 2.05) is 35.4 Å². The highest BCUT2D eigenvalue weighted by Crippen LogP contribution is 2.41. The third-order valence-corrected chi connectivity index (χ3v) is 6.27. The van der Waals surface area contributed by atoms with Crippen molar-refractivity contribution >= 4 is 18.0 Å². The molecule has 1 aromatic carbocycles. The number of rotatable bonds is 4. The summed E-state index contributed by atoms with van der Waals surface area (Å²) in [5, 5.41) is 20.4. The van der Waals surface area contributed by atoms with Gasteiger partial charge in [-0.3, -0.25) is 9.59 Å². The van der Waals surface area contributed by atoms with Gasteiger partial charge in [0.25, 0.3) is 12.4 Å². The van der Waals surface area contributed by atoms with Crippen LogP contribution >= 0.6 is 0 Å². The van der Waals surface area contributed by atoms with Gasteiger partial charge >= 0.3 is 0 Å². The molecular formula is C25H24N6O4. The van der Waals surface area contributed by atoms with Crippen LogP contribution in [-0.2, 0) is 10.2 Å². The van der Waals surface area contributed by atoms with Gasteiger partial charge in [0.05, 0.1) is 24.6 Å². The molecule has 0 unspecified atom stereocenters. The minimum atomic E-state index is -0.327. The highest BCUT2D eigenvalue weighted by Gasteiger charge is 2.41. The Morgan fingerprint density at radius 2 is 1.94 bits per heavy atom. The number of carbonyl (C=O) groups is 2. The molecule has 0 radical (unpaired) electrons. The van der Waals surface area contributed by atoms with Gasteiger partial charge in [-0.25, -0.2) is 9.50 Å². The number of benzene rings is 1. The summed E-state index contributed by atoms with van der Waals surface area (Å²) in [5.74, 6) is 0.438. The maximum Gasteiger partial charge on any atom is 0.290 e. The number of aromatic nitrogens is 4. The summed E-state index contributed by atoms with van der Waals surface area (Å²) in [7, 11) is 1.59.